The molecule has 2 amide bonds. The molecule has 0 heterocycles. The Morgan fingerprint density at radius 2 is 1.09 bits per heavy atom. The first-order chi connectivity index (χ1) is 15.3. The molecule has 1 aliphatic rings. The van der Waals surface area contributed by atoms with Crippen LogP contribution in [0.15, 0.2) is 48.5 Å². The van der Waals surface area contributed by atoms with Crippen LogP contribution in [0.3, 0.4) is 0 Å². The lowest BCUT2D eigenvalue weighted by Crippen LogP contribution is -2.33. The number of anilines is 2. The number of rotatable bonds is 8. The lowest BCUT2D eigenvalue weighted by molar-refractivity contribution is -0.124. The third-order valence-electron chi connectivity index (χ3n) is 5.11. The number of nitrogens with one attached hydrogen (secondary N) is 2. The van der Waals surface area contributed by atoms with E-state index in [1.165, 1.54) is 48.5 Å². The van der Waals surface area contributed by atoms with E-state index in [1.807, 2.05) is 0 Å². The van der Waals surface area contributed by atoms with Crippen LogP contribution in [0.5, 0.6) is 11.5 Å². The van der Waals surface area contributed by atoms with Gasteiger partial charge in [0.15, 0.2) is 0 Å². The average molecular weight is 454 g/mol. The van der Waals surface area contributed by atoms with Gasteiger partial charge < -0.3 is 20.1 Å². The fourth-order valence-corrected chi connectivity index (χ4v) is 3.59. The highest BCUT2D eigenvalue weighted by Crippen LogP contribution is 2.31. The third-order valence-corrected chi connectivity index (χ3v) is 5.11. The van der Waals surface area contributed by atoms with Gasteiger partial charge in [0.25, 0.3) is 0 Å². The van der Waals surface area contributed by atoms with Gasteiger partial charge >= 0.3 is 13.2 Å². The van der Waals surface area contributed by atoms with Crippen LogP contribution in [-0.4, -0.2) is 25.0 Å². The Balaban J connectivity index is 1.52. The fraction of sp³-hybridized carbons (Fsp3) is 0.364. The summed E-state index contributed by atoms with van der Waals surface area (Å²) < 4.78 is 57.4. The first kappa shape index (κ1) is 23.4. The van der Waals surface area contributed by atoms with Gasteiger partial charge in [0.2, 0.25) is 11.8 Å². The van der Waals surface area contributed by atoms with Gasteiger partial charge in [-0.25, -0.2) is 0 Å². The van der Waals surface area contributed by atoms with E-state index in [0.717, 1.165) is 0 Å². The normalized spacial score (nSPS) is 18.3. The van der Waals surface area contributed by atoms with Gasteiger partial charge in [-0.1, -0.05) is 6.42 Å². The van der Waals surface area contributed by atoms with E-state index in [1.54, 1.807) is 0 Å². The molecule has 3 rings (SSSR count). The van der Waals surface area contributed by atoms with E-state index in [2.05, 4.69) is 20.1 Å². The van der Waals surface area contributed by atoms with Crippen molar-refractivity contribution in [2.24, 2.45) is 11.8 Å². The summed E-state index contributed by atoms with van der Waals surface area (Å²) in [5.74, 6) is -1.28. The molecule has 0 aliphatic heterocycles. The zero-order valence-corrected chi connectivity index (χ0v) is 16.9. The number of hydrogen-bond donors (Lipinski definition) is 2. The van der Waals surface area contributed by atoms with E-state index in [0.29, 0.717) is 37.1 Å². The maximum atomic E-state index is 12.6. The topological polar surface area (TPSA) is 76.7 Å². The zero-order valence-electron chi connectivity index (χ0n) is 16.9. The van der Waals surface area contributed by atoms with Crippen molar-refractivity contribution in [1.82, 2.24) is 0 Å². The first-order valence-corrected chi connectivity index (χ1v) is 10.0. The number of carbonyl (C=O) groups excluding carboxylic acids is 2. The molecule has 6 nitrogen and oxygen atoms in total. The van der Waals surface area contributed by atoms with E-state index in [-0.39, 0.29) is 35.1 Å². The van der Waals surface area contributed by atoms with Gasteiger partial charge in [0.1, 0.15) is 11.5 Å². The second kappa shape index (κ2) is 10.8. The van der Waals surface area contributed by atoms with Crippen LogP contribution in [0.4, 0.5) is 28.9 Å². The van der Waals surface area contributed by atoms with Crippen LogP contribution in [0.25, 0.3) is 0 Å². The van der Waals surface area contributed by atoms with Crippen molar-refractivity contribution < 1.29 is 36.6 Å². The van der Waals surface area contributed by atoms with E-state index < -0.39 is 13.2 Å². The van der Waals surface area contributed by atoms with Crippen LogP contribution >= 0.6 is 0 Å². The zero-order chi connectivity index (χ0) is 23.1. The number of alkyl halides is 4. The van der Waals surface area contributed by atoms with Gasteiger partial charge in [-0.3, -0.25) is 9.59 Å². The Bertz CT molecular complexity index is 834. The summed E-state index contributed by atoms with van der Waals surface area (Å²) in [6.45, 7) is -5.85. The standard InChI is InChI=1S/C22H22F4N2O4/c23-21(24)31-17-8-4-15(5-9-17)27-19(29)13-2-1-3-14(12-13)20(30)28-16-6-10-18(11-7-16)32-22(25)26/h4-11,13-14,21-22H,1-3,12H2,(H,27,29)(H,28,30). The fourth-order valence-electron chi connectivity index (χ4n) is 3.59. The summed E-state index contributed by atoms with van der Waals surface area (Å²) in [7, 11) is 0. The van der Waals surface area contributed by atoms with Crippen molar-refractivity contribution >= 4 is 23.2 Å². The highest BCUT2D eigenvalue weighted by molar-refractivity contribution is 5.95. The minimum Gasteiger partial charge on any atom is -0.435 e. The number of carbonyl (C=O) groups is 2. The number of amides is 2. The second-order valence-corrected chi connectivity index (χ2v) is 7.34. The van der Waals surface area contributed by atoms with Crippen molar-refractivity contribution in [2.75, 3.05) is 10.6 Å². The number of ether oxygens (including phenoxy) is 2. The highest BCUT2D eigenvalue weighted by Gasteiger charge is 2.31. The first-order valence-electron chi connectivity index (χ1n) is 10.0. The largest absolute Gasteiger partial charge is 0.435 e. The lowest BCUT2D eigenvalue weighted by Gasteiger charge is -2.27. The summed E-state index contributed by atoms with van der Waals surface area (Å²) in [5, 5.41) is 5.47. The number of benzene rings is 2. The van der Waals surface area contributed by atoms with Gasteiger partial charge in [-0.2, -0.15) is 17.6 Å². The van der Waals surface area contributed by atoms with E-state index in [9.17, 15) is 27.2 Å². The average Bonchev–Trinajstić information content (AvgIpc) is 2.76. The minimum atomic E-state index is -2.93. The SMILES string of the molecule is O=C(Nc1ccc(OC(F)F)cc1)C1CCCC(C(=O)Nc2ccc(OC(F)F)cc2)C1. The van der Waals surface area contributed by atoms with Crippen molar-refractivity contribution in [3.63, 3.8) is 0 Å². The van der Waals surface area contributed by atoms with Gasteiger partial charge in [-0.05, 0) is 67.8 Å². The molecular weight excluding hydrogens is 432 g/mol. The molecule has 0 bridgehead atoms. The second-order valence-electron chi connectivity index (χ2n) is 7.34. The van der Waals surface area contributed by atoms with Crippen molar-refractivity contribution in [2.45, 2.75) is 38.9 Å². The predicted molar refractivity (Wildman–Crippen MR) is 109 cm³/mol. The molecule has 2 aromatic carbocycles. The van der Waals surface area contributed by atoms with Crippen LogP contribution in [-0.2, 0) is 9.59 Å². The Morgan fingerprint density at radius 3 is 1.44 bits per heavy atom. The number of hydrogen-bond acceptors (Lipinski definition) is 4. The maximum Gasteiger partial charge on any atom is 0.387 e. The minimum absolute atomic E-state index is 0.0128. The Morgan fingerprint density at radius 1 is 0.719 bits per heavy atom. The quantitative estimate of drug-likeness (QED) is 0.533. The molecule has 172 valence electrons. The molecule has 1 fully saturated rings. The molecular formula is C22H22F4N2O4. The molecule has 2 N–H and O–H groups in total. The Hall–Kier alpha value is -3.30. The Labute approximate surface area is 181 Å². The van der Waals surface area contributed by atoms with E-state index in [4.69, 9.17) is 0 Å². The van der Waals surface area contributed by atoms with Crippen LogP contribution < -0.4 is 20.1 Å². The third kappa shape index (κ3) is 6.86. The summed E-state index contributed by atoms with van der Waals surface area (Å²) in [4.78, 5) is 25.2. The van der Waals surface area contributed by atoms with Crippen molar-refractivity contribution in [3.05, 3.63) is 48.5 Å². The van der Waals surface area contributed by atoms with Gasteiger partial charge in [0, 0.05) is 23.2 Å². The summed E-state index contributed by atoms with van der Waals surface area (Å²) in [6, 6.07) is 11.2. The molecule has 0 radical (unpaired) electrons. The highest BCUT2D eigenvalue weighted by atomic mass is 19.3. The molecule has 0 spiro atoms. The summed E-state index contributed by atoms with van der Waals surface area (Å²) in [6.07, 6.45) is 2.30. The van der Waals surface area contributed by atoms with Gasteiger partial charge in [0.05, 0.1) is 0 Å². The summed E-state index contributed by atoms with van der Waals surface area (Å²) in [5.41, 5.74) is 0.878. The van der Waals surface area contributed by atoms with Crippen molar-refractivity contribution in [1.29, 1.82) is 0 Å². The molecule has 2 aromatic rings. The molecule has 2 atom stereocenters. The molecule has 10 heteroatoms. The molecule has 1 saturated carbocycles. The van der Waals surface area contributed by atoms with Crippen LogP contribution in [0.1, 0.15) is 25.7 Å². The predicted octanol–water partition coefficient (Wildman–Crippen LogP) is 5.27. The monoisotopic (exact) mass is 454 g/mol. The maximum absolute atomic E-state index is 12.6. The Kier molecular flexibility index (Phi) is 7.91. The molecule has 0 aromatic heterocycles. The molecule has 1 aliphatic carbocycles. The smallest absolute Gasteiger partial charge is 0.387 e. The lowest BCUT2D eigenvalue weighted by atomic mass is 9.80. The van der Waals surface area contributed by atoms with E-state index >= 15 is 0 Å². The molecule has 0 saturated heterocycles. The van der Waals surface area contributed by atoms with Crippen LogP contribution in [0.2, 0.25) is 0 Å². The molecule has 2 unspecified atom stereocenters. The summed E-state index contributed by atoms with van der Waals surface area (Å²) >= 11 is 0. The molecule has 32 heavy (non-hydrogen) atoms. The number of halogens is 4. The van der Waals surface area contributed by atoms with Crippen molar-refractivity contribution in [3.8, 4) is 11.5 Å². The van der Waals surface area contributed by atoms with Crippen LogP contribution in [0, 0.1) is 11.8 Å². The van der Waals surface area contributed by atoms with Gasteiger partial charge in [-0.15, -0.1) is 0 Å².